The molecule has 0 radical (unpaired) electrons. The van der Waals surface area contributed by atoms with Gasteiger partial charge in [0.25, 0.3) is 0 Å². The summed E-state index contributed by atoms with van der Waals surface area (Å²) < 4.78 is 68.0. The second kappa shape index (κ2) is 9.78. The first-order chi connectivity index (χ1) is 15.8. The van der Waals surface area contributed by atoms with Crippen molar-refractivity contribution in [1.29, 1.82) is 0 Å². The molecule has 1 fully saturated rings. The fraction of sp³-hybridized carbons (Fsp3) is 0.364. The van der Waals surface area contributed by atoms with Gasteiger partial charge < -0.3 is 4.90 Å². The number of amides is 1. The number of hydrogen-bond donors (Lipinski definition) is 0. The summed E-state index contributed by atoms with van der Waals surface area (Å²) in [4.78, 5) is 17.8. The summed E-state index contributed by atoms with van der Waals surface area (Å²) in [6.07, 6.45) is 2.64. The van der Waals surface area contributed by atoms with Crippen molar-refractivity contribution in [3.8, 4) is 0 Å². The molecule has 176 valence electrons. The summed E-state index contributed by atoms with van der Waals surface area (Å²) >= 11 is 1.65. The molecular formula is C22H22F3N3O3S2. The molecule has 1 aliphatic rings. The lowest BCUT2D eigenvalue weighted by Crippen LogP contribution is -2.50. The van der Waals surface area contributed by atoms with Crippen molar-refractivity contribution in [3.05, 3.63) is 58.9 Å². The number of halogens is 3. The van der Waals surface area contributed by atoms with Gasteiger partial charge in [-0.2, -0.15) is 4.31 Å². The molecule has 0 bridgehead atoms. The number of nitrogens with zero attached hydrogens (tertiary/aromatic N) is 3. The first-order valence-electron chi connectivity index (χ1n) is 10.5. The molecule has 3 aromatic rings. The number of fused-ring (bicyclic) bond motifs is 1. The topological polar surface area (TPSA) is 70.6 Å². The van der Waals surface area contributed by atoms with Crippen LogP contribution in [0.1, 0.15) is 24.3 Å². The average molecular weight is 498 g/mol. The SMILES string of the molecule is O=C(CCCCc1nc2ccccc2s1)N1CCN(S(=O)(=O)c2ccc(F)c(F)c2F)CC1. The minimum Gasteiger partial charge on any atom is -0.340 e. The van der Waals surface area contributed by atoms with Gasteiger partial charge in [0.15, 0.2) is 17.5 Å². The lowest BCUT2D eigenvalue weighted by Gasteiger charge is -2.34. The van der Waals surface area contributed by atoms with Crippen LogP contribution in [-0.4, -0.2) is 54.7 Å². The Morgan fingerprint density at radius 1 is 0.970 bits per heavy atom. The number of hydrogen-bond acceptors (Lipinski definition) is 5. The molecule has 0 atom stereocenters. The summed E-state index contributed by atoms with van der Waals surface area (Å²) in [6.45, 7) is 0.221. The molecule has 2 aromatic carbocycles. The molecule has 0 saturated carbocycles. The molecule has 0 spiro atoms. The number of thiazole rings is 1. The van der Waals surface area contributed by atoms with Crippen LogP contribution in [0.25, 0.3) is 10.2 Å². The van der Waals surface area contributed by atoms with Crippen LogP contribution in [0.2, 0.25) is 0 Å². The number of sulfonamides is 1. The number of aromatic nitrogens is 1. The zero-order valence-electron chi connectivity index (χ0n) is 17.6. The molecule has 33 heavy (non-hydrogen) atoms. The van der Waals surface area contributed by atoms with Gasteiger partial charge in [0.05, 0.1) is 15.2 Å². The zero-order valence-corrected chi connectivity index (χ0v) is 19.3. The van der Waals surface area contributed by atoms with Crippen LogP contribution in [0, 0.1) is 17.5 Å². The fourth-order valence-electron chi connectivity index (χ4n) is 3.76. The number of carbonyl (C=O) groups is 1. The second-order valence-corrected chi connectivity index (χ2v) is 10.8. The number of para-hydroxylation sites is 1. The highest BCUT2D eigenvalue weighted by molar-refractivity contribution is 7.89. The van der Waals surface area contributed by atoms with Gasteiger partial charge in [-0.25, -0.2) is 26.6 Å². The van der Waals surface area contributed by atoms with Crippen LogP contribution < -0.4 is 0 Å². The van der Waals surface area contributed by atoms with Crippen molar-refractivity contribution >= 4 is 37.5 Å². The maximum Gasteiger partial charge on any atom is 0.246 e. The van der Waals surface area contributed by atoms with Crippen molar-refractivity contribution in [1.82, 2.24) is 14.2 Å². The van der Waals surface area contributed by atoms with Crippen molar-refractivity contribution in [3.63, 3.8) is 0 Å². The maximum atomic E-state index is 14.0. The van der Waals surface area contributed by atoms with E-state index >= 15 is 0 Å². The highest BCUT2D eigenvalue weighted by Crippen LogP contribution is 2.25. The van der Waals surface area contributed by atoms with E-state index < -0.39 is 32.4 Å². The largest absolute Gasteiger partial charge is 0.340 e. The van der Waals surface area contributed by atoms with E-state index in [1.54, 1.807) is 16.2 Å². The van der Waals surface area contributed by atoms with E-state index in [-0.39, 0.29) is 32.1 Å². The minimum atomic E-state index is -4.34. The molecule has 1 saturated heterocycles. The van der Waals surface area contributed by atoms with E-state index in [0.29, 0.717) is 25.0 Å². The number of unbranched alkanes of at least 4 members (excludes halogenated alkanes) is 1. The van der Waals surface area contributed by atoms with Crippen molar-refractivity contribution in [2.75, 3.05) is 26.2 Å². The molecule has 0 aliphatic carbocycles. The van der Waals surface area contributed by atoms with Crippen LogP contribution in [0.3, 0.4) is 0 Å². The van der Waals surface area contributed by atoms with Crippen LogP contribution >= 0.6 is 11.3 Å². The van der Waals surface area contributed by atoms with Gasteiger partial charge in [0.2, 0.25) is 15.9 Å². The summed E-state index contributed by atoms with van der Waals surface area (Å²) in [7, 11) is -4.34. The average Bonchev–Trinajstić information content (AvgIpc) is 3.23. The summed E-state index contributed by atoms with van der Waals surface area (Å²) in [6, 6.07) is 9.22. The van der Waals surface area contributed by atoms with Gasteiger partial charge in [-0.1, -0.05) is 12.1 Å². The molecule has 6 nitrogen and oxygen atoms in total. The van der Waals surface area contributed by atoms with E-state index in [0.717, 1.165) is 32.4 Å². The van der Waals surface area contributed by atoms with Gasteiger partial charge >= 0.3 is 0 Å². The van der Waals surface area contributed by atoms with Crippen molar-refractivity contribution in [2.24, 2.45) is 0 Å². The van der Waals surface area contributed by atoms with E-state index in [1.165, 1.54) is 0 Å². The molecule has 0 N–H and O–H groups in total. The molecule has 4 rings (SSSR count). The van der Waals surface area contributed by atoms with E-state index in [2.05, 4.69) is 4.98 Å². The third kappa shape index (κ3) is 5.04. The predicted octanol–water partition coefficient (Wildman–Crippen LogP) is 3.96. The standard InChI is InChI=1S/C22H22F3N3O3S2/c23-15-9-10-18(22(25)21(15)24)33(30,31)28-13-11-27(12-14-28)20(29)8-4-3-7-19-26-16-5-1-2-6-17(16)32-19/h1-2,5-6,9-10H,3-4,7-8,11-14H2. The number of carbonyl (C=O) groups excluding carboxylic acids is 1. The highest BCUT2D eigenvalue weighted by atomic mass is 32.2. The Hall–Kier alpha value is -2.50. The smallest absolute Gasteiger partial charge is 0.246 e. The van der Waals surface area contributed by atoms with Gasteiger partial charge in [-0.05, 0) is 43.5 Å². The van der Waals surface area contributed by atoms with Crippen molar-refractivity contribution < 1.29 is 26.4 Å². The van der Waals surface area contributed by atoms with Crippen LogP contribution in [-0.2, 0) is 21.2 Å². The Kier molecular flexibility index (Phi) is 7.01. The van der Waals surface area contributed by atoms with Gasteiger partial charge in [0.1, 0.15) is 4.90 Å². The summed E-state index contributed by atoms with van der Waals surface area (Å²) in [5, 5.41) is 1.03. The minimum absolute atomic E-state index is 0.0434. The third-order valence-electron chi connectivity index (χ3n) is 5.58. The Labute approximate surface area is 193 Å². The number of benzene rings is 2. The Balaban J connectivity index is 1.26. The lowest BCUT2D eigenvalue weighted by molar-refractivity contribution is -0.132. The monoisotopic (exact) mass is 497 g/mol. The van der Waals surface area contributed by atoms with Crippen LogP contribution in [0.4, 0.5) is 13.2 Å². The Morgan fingerprint density at radius 3 is 2.42 bits per heavy atom. The predicted molar refractivity (Wildman–Crippen MR) is 119 cm³/mol. The normalized spacial score (nSPS) is 15.3. The first-order valence-corrected chi connectivity index (χ1v) is 12.8. The number of rotatable bonds is 7. The molecule has 0 unspecified atom stereocenters. The molecule has 11 heteroatoms. The number of piperazine rings is 1. The highest BCUT2D eigenvalue weighted by Gasteiger charge is 2.33. The number of aryl methyl sites for hydroxylation is 1. The molecule has 1 aliphatic heterocycles. The first kappa shape index (κ1) is 23.7. The zero-order chi connectivity index (χ0) is 23.6. The van der Waals surface area contributed by atoms with E-state index in [1.807, 2.05) is 24.3 Å². The van der Waals surface area contributed by atoms with Crippen LogP contribution in [0.5, 0.6) is 0 Å². The molecule has 1 amide bonds. The van der Waals surface area contributed by atoms with Gasteiger partial charge in [-0.15, -0.1) is 11.3 Å². The second-order valence-electron chi connectivity index (χ2n) is 7.74. The summed E-state index contributed by atoms with van der Waals surface area (Å²) in [5.74, 6) is -5.09. The van der Waals surface area contributed by atoms with Crippen molar-refractivity contribution in [2.45, 2.75) is 30.6 Å². The lowest BCUT2D eigenvalue weighted by atomic mass is 10.1. The quantitative estimate of drug-likeness (QED) is 0.366. The molecule has 1 aromatic heterocycles. The maximum absolute atomic E-state index is 14.0. The Bertz CT molecular complexity index is 1240. The van der Waals surface area contributed by atoms with Gasteiger partial charge in [0, 0.05) is 32.6 Å². The van der Waals surface area contributed by atoms with E-state index in [9.17, 15) is 26.4 Å². The van der Waals surface area contributed by atoms with E-state index in [4.69, 9.17) is 0 Å². The molecule has 2 heterocycles. The molecular weight excluding hydrogens is 475 g/mol. The van der Waals surface area contributed by atoms with Crippen LogP contribution in [0.15, 0.2) is 41.3 Å². The third-order valence-corrected chi connectivity index (χ3v) is 8.59. The summed E-state index contributed by atoms with van der Waals surface area (Å²) in [5.41, 5.74) is 0.977. The fourth-order valence-corrected chi connectivity index (χ4v) is 6.25. The van der Waals surface area contributed by atoms with Gasteiger partial charge in [-0.3, -0.25) is 4.79 Å². The Morgan fingerprint density at radius 2 is 1.70 bits per heavy atom.